The number of hydrogen-bond donors (Lipinski definition) is 2. The summed E-state index contributed by atoms with van der Waals surface area (Å²) in [6.07, 6.45) is 0. The molecule has 2 rings (SSSR count). The molecule has 0 aliphatic carbocycles. The molecule has 1 amide bonds. The Morgan fingerprint density at radius 3 is 2.19 bits per heavy atom. The summed E-state index contributed by atoms with van der Waals surface area (Å²) in [5.74, 6) is -0.114. The van der Waals surface area contributed by atoms with Gasteiger partial charge >= 0.3 is 5.97 Å². The maximum absolute atomic E-state index is 12.2. The van der Waals surface area contributed by atoms with E-state index in [2.05, 4.69) is 5.32 Å². The predicted octanol–water partition coefficient (Wildman–Crippen LogP) is 2.74. The van der Waals surface area contributed by atoms with E-state index in [1.54, 1.807) is 18.2 Å². The van der Waals surface area contributed by atoms with Crippen molar-refractivity contribution in [1.82, 2.24) is 0 Å². The van der Waals surface area contributed by atoms with Crippen molar-refractivity contribution in [1.29, 1.82) is 0 Å². The molecule has 0 fully saturated rings. The zero-order valence-corrected chi connectivity index (χ0v) is 15.8. The van der Waals surface area contributed by atoms with Gasteiger partial charge in [-0.15, -0.1) is 0 Å². The minimum atomic E-state index is -0.771. The second kappa shape index (κ2) is 9.00. The van der Waals surface area contributed by atoms with Crippen LogP contribution in [0.3, 0.4) is 0 Å². The summed E-state index contributed by atoms with van der Waals surface area (Å²) in [5, 5.41) is 2.77. The van der Waals surface area contributed by atoms with Gasteiger partial charge in [-0.3, -0.25) is 4.79 Å². The fourth-order valence-electron chi connectivity index (χ4n) is 2.18. The molecule has 0 saturated heterocycles. The van der Waals surface area contributed by atoms with Crippen LogP contribution in [0.15, 0.2) is 30.3 Å². The maximum atomic E-state index is 12.2. The number of carbonyl (C=O) groups excluding carboxylic acids is 2. The largest absolute Gasteiger partial charge is 0.497 e. The monoisotopic (exact) mass is 394 g/mol. The van der Waals surface area contributed by atoms with Crippen molar-refractivity contribution >= 4 is 34.9 Å². The highest BCUT2D eigenvalue weighted by Gasteiger charge is 2.18. The molecule has 0 aliphatic heterocycles. The Balaban J connectivity index is 2.04. The van der Waals surface area contributed by atoms with E-state index in [1.165, 1.54) is 33.5 Å². The molecule has 0 radical (unpaired) electrons. The number of amides is 1. The molecule has 0 bridgehead atoms. The van der Waals surface area contributed by atoms with E-state index in [4.69, 9.17) is 36.3 Å². The van der Waals surface area contributed by atoms with Gasteiger partial charge in [-0.05, 0) is 6.07 Å². The number of ether oxygens (including phenoxy) is 4. The Morgan fingerprint density at radius 1 is 1.00 bits per heavy atom. The van der Waals surface area contributed by atoms with Crippen molar-refractivity contribution in [3.63, 3.8) is 0 Å². The van der Waals surface area contributed by atoms with Crippen molar-refractivity contribution in [2.75, 3.05) is 39.0 Å². The first-order valence-electron chi connectivity index (χ1n) is 7.71. The minimum absolute atomic E-state index is 0.0625. The summed E-state index contributed by atoms with van der Waals surface area (Å²) in [5.41, 5.74) is 6.42. The van der Waals surface area contributed by atoms with Crippen LogP contribution in [0.5, 0.6) is 17.2 Å². The molecule has 3 N–H and O–H groups in total. The van der Waals surface area contributed by atoms with Gasteiger partial charge in [-0.25, -0.2) is 4.79 Å². The van der Waals surface area contributed by atoms with Gasteiger partial charge in [0.25, 0.3) is 5.91 Å². The van der Waals surface area contributed by atoms with Crippen molar-refractivity contribution in [2.24, 2.45) is 0 Å². The predicted molar refractivity (Wildman–Crippen MR) is 101 cm³/mol. The summed E-state index contributed by atoms with van der Waals surface area (Å²) in [7, 11) is 4.36. The van der Waals surface area contributed by atoms with Crippen LogP contribution in [0, 0.1) is 0 Å². The lowest BCUT2D eigenvalue weighted by molar-refractivity contribution is -0.119. The number of methoxy groups -OCH3 is 3. The first-order valence-corrected chi connectivity index (χ1v) is 8.08. The molecule has 9 heteroatoms. The highest BCUT2D eigenvalue weighted by molar-refractivity contribution is 6.33. The molecule has 8 nitrogen and oxygen atoms in total. The normalized spacial score (nSPS) is 10.1. The molecule has 27 heavy (non-hydrogen) atoms. The molecule has 0 aliphatic rings. The van der Waals surface area contributed by atoms with Crippen LogP contribution < -0.4 is 25.3 Å². The molecular weight excluding hydrogens is 376 g/mol. The zero-order chi connectivity index (χ0) is 20.0. The van der Waals surface area contributed by atoms with E-state index < -0.39 is 18.5 Å². The van der Waals surface area contributed by atoms with E-state index in [0.717, 1.165) is 0 Å². The van der Waals surface area contributed by atoms with Gasteiger partial charge < -0.3 is 30.0 Å². The third kappa shape index (κ3) is 5.18. The Hall–Kier alpha value is -3.13. The van der Waals surface area contributed by atoms with Crippen molar-refractivity contribution < 1.29 is 28.5 Å². The number of esters is 1. The second-order valence-corrected chi connectivity index (χ2v) is 5.71. The van der Waals surface area contributed by atoms with E-state index in [0.29, 0.717) is 17.2 Å². The topological polar surface area (TPSA) is 109 Å². The average molecular weight is 395 g/mol. The maximum Gasteiger partial charge on any atom is 0.342 e. The number of rotatable bonds is 7. The Bertz CT molecular complexity index is 834. The average Bonchev–Trinajstić information content (AvgIpc) is 2.67. The van der Waals surface area contributed by atoms with E-state index in [1.807, 2.05) is 0 Å². The molecular formula is C18H19ClN2O6. The highest BCUT2D eigenvalue weighted by Crippen LogP contribution is 2.29. The van der Waals surface area contributed by atoms with Crippen LogP contribution in [-0.2, 0) is 9.53 Å². The fraction of sp³-hybridized carbons (Fsp3) is 0.222. The Morgan fingerprint density at radius 2 is 1.63 bits per heavy atom. The van der Waals surface area contributed by atoms with Gasteiger partial charge in [0.2, 0.25) is 0 Å². The summed E-state index contributed by atoms with van der Waals surface area (Å²) in [6, 6.07) is 7.59. The van der Waals surface area contributed by atoms with Crippen LogP contribution in [0.4, 0.5) is 11.4 Å². The fourth-order valence-corrected chi connectivity index (χ4v) is 2.35. The van der Waals surface area contributed by atoms with Gasteiger partial charge in [0.15, 0.2) is 6.61 Å². The highest BCUT2D eigenvalue weighted by atomic mass is 35.5. The second-order valence-electron chi connectivity index (χ2n) is 5.30. The van der Waals surface area contributed by atoms with Crippen molar-refractivity contribution in [3.05, 3.63) is 40.9 Å². The molecule has 0 atom stereocenters. The van der Waals surface area contributed by atoms with Crippen LogP contribution in [0.25, 0.3) is 0 Å². The number of nitrogens with two attached hydrogens (primary N) is 1. The lowest BCUT2D eigenvalue weighted by atomic mass is 10.2. The third-order valence-corrected chi connectivity index (χ3v) is 3.84. The first kappa shape index (κ1) is 20.2. The smallest absolute Gasteiger partial charge is 0.342 e. The zero-order valence-electron chi connectivity index (χ0n) is 15.0. The van der Waals surface area contributed by atoms with Crippen molar-refractivity contribution in [2.45, 2.75) is 0 Å². The summed E-state index contributed by atoms with van der Waals surface area (Å²) in [4.78, 5) is 24.3. The van der Waals surface area contributed by atoms with E-state index in [9.17, 15) is 9.59 Å². The molecule has 0 aromatic heterocycles. The molecule has 0 saturated carbocycles. The molecule has 2 aromatic rings. The van der Waals surface area contributed by atoms with Crippen LogP contribution >= 0.6 is 11.6 Å². The quantitative estimate of drug-likeness (QED) is 0.548. The molecule has 0 heterocycles. The summed E-state index contributed by atoms with van der Waals surface area (Å²) >= 11 is 5.92. The summed E-state index contributed by atoms with van der Waals surface area (Å²) < 4.78 is 20.4. The van der Waals surface area contributed by atoms with Crippen LogP contribution in [0.1, 0.15) is 10.4 Å². The van der Waals surface area contributed by atoms with E-state index >= 15 is 0 Å². The Labute approximate surface area is 161 Å². The van der Waals surface area contributed by atoms with Gasteiger partial charge in [0.05, 0.1) is 32.0 Å². The number of nitrogen functional groups attached to an aromatic ring is 1. The van der Waals surface area contributed by atoms with Crippen molar-refractivity contribution in [3.8, 4) is 17.2 Å². The lowest BCUT2D eigenvalue weighted by Gasteiger charge is -2.12. The molecule has 0 unspecified atom stereocenters. The molecule has 2 aromatic carbocycles. The van der Waals surface area contributed by atoms with Crippen LogP contribution in [0.2, 0.25) is 5.02 Å². The standard InChI is InChI=1S/C18H19ClN2O6/c1-24-11-4-10(5-12(6-11)25-2)21-17(22)9-27-18(23)13-7-14(19)15(20)8-16(13)26-3/h4-8H,9,20H2,1-3H3,(H,21,22). The van der Waals surface area contributed by atoms with Gasteiger partial charge in [0, 0.05) is 30.0 Å². The SMILES string of the molecule is COc1cc(NC(=O)COC(=O)c2cc(Cl)c(N)cc2OC)cc(OC)c1. The number of hydrogen-bond acceptors (Lipinski definition) is 7. The number of carbonyl (C=O) groups is 2. The number of anilines is 2. The molecule has 0 spiro atoms. The van der Waals surface area contributed by atoms with Gasteiger partial charge in [-0.1, -0.05) is 11.6 Å². The summed E-state index contributed by atoms with van der Waals surface area (Å²) in [6.45, 7) is -0.510. The lowest BCUT2D eigenvalue weighted by Crippen LogP contribution is -2.21. The Kier molecular flexibility index (Phi) is 6.73. The molecule has 144 valence electrons. The number of halogens is 1. The van der Waals surface area contributed by atoms with E-state index in [-0.39, 0.29) is 22.0 Å². The number of nitrogens with one attached hydrogen (secondary N) is 1. The first-order chi connectivity index (χ1) is 12.9. The number of benzene rings is 2. The van der Waals surface area contributed by atoms with Crippen LogP contribution in [-0.4, -0.2) is 39.8 Å². The van der Waals surface area contributed by atoms with Gasteiger partial charge in [-0.2, -0.15) is 0 Å². The van der Waals surface area contributed by atoms with Gasteiger partial charge in [0.1, 0.15) is 22.8 Å². The third-order valence-electron chi connectivity index (χ3n) is 3.51. The minimum Gasteiger partial charge on any atom is -0.497 e.